The van der Waals surface area contributed by atoms with E-state index in [-0.39, 0.29) is 28.3 Å². The van der Waals surface area contributed by atoms with E-state index in [4.69, 9.17) is 16.3 Å². The number of imidazole rings is 1. The van der Waals surface area contributed by atoms with Crippen LogP contribution in [0.2, 0.25) is 5.02 Å². The molecule has 1 heterocycles. The normalized spacial score (nSPS) is 12.9. The number of aromatic nitrogens is 2. The summed E-state index contributed by atoms with van der Waals surface area (Å²) in [5.41, 5.74) is 1.55. The van der Waals surface area contributed by atoms with Gasteiger partial charge in [-0.3, -0.25) is 0 Å². The maximum absolute atomic E-state index is 13.6. The fourth-order valence-electron chi connectivity index (χ4n) is 2.72. The van der Waals surface area contributed by atoms with Gasteiger partial charge in [0.25, 0.3) is 0 Å². The molecule has 3 rings (SSSR count). The molecule has 0 fully saturated rings. The molecule has 0 aliphatic rings. The van der Waals surface area contributed by atoms with E-state index in [0.717, 1.165) is 6.26 Å². The van der Waals surface area contributed by atoms with Crippen molar-refractivity contribution in [2.75, 3.05) is 6.26 Å². The van der Waals surface area contributed by atoms with E-state index in [2.05, 4.69) is 9.97 Å². The van der Waals surface area contributed by atoms with E-state index in [1.165, 1.54) is 30.3 Å². The van der Waals surface area contributed by atoms with E-state index in [0.29, 0.717) is 16.8 Å². The summed E-state index contributed by atoms with van der Waals surface area (Å²) in [6, 6.07) is 9.82. The summed E-state index contributed by atoms with van der Waals surface area (Å²) in [6.45, 7) is 1.68. The molecule has 0 amide bonds. The number of hydrogen-bond donors (Lipinski definition) is 1. The molecule has 1 atom stereocenters. The number of sulfone groups is 1. The predicted octanol–water partition coefficient (Wildman–Crippen LogP) is 4.36. The molecule has 0 aliphatic heterocycles. The highest BCUT2D eigenvalue weighted by molar-refractivity contribution is 7.90. The van der Waals surface area contributed by atoms with Gasteiger partial charge in [-0.05, 0) is 42.3 Å². The second-order valence-electron chi connectivity index (χ2n) is 6.32. The molecule has 5 nitrogen and oxygen atoms in total. The number of hydrogen-bond acceptors (Lipinski definition) is 4. The number of aromatic amines is 1. The van der Waals surface area contributed by atoms with Crippen molar-refractivity contribution in [3.8, 4) is 0 Å². The summed E-state index contributed by atoms with van der Waals surface area (Å²) in [6.07, 6.45) is 0.223. The molecule has 28 heavy (non-hydrogen) atoms. The molecule has 9 heteroatoms. The Morgan fingerprint density at radius 3 is 2.43 bits per heavy atom. The molecular formula is C19H17ClF2N2O3S. The molecule has 0 saturated heterocycles. The van der Waals surface area contributed by atoms with Crippen LogP contribution < -0.4 is 0 Å². The standard InChI is InChI=1S/C19H17ClF2N2O3S/c1-11-19(28(2,25)26)24-18(23-11)17(13-5-8-16(22)15(20)9-13)27-10-12-3-6-14(21)7-4-12/h3-9,17H,10H2,1-2H3,(H,23,24). The fraction of sp³-hybridized carbons (Fsp3) is 0.211. The zero-order valence-corrected chi connectivity index (χ0v) is 16.6. The highest BCUT2D eigenvalue weighted by Crippen LogP contribution is 2.30. The lowest BCUT2D eigenvalue weighted by Crippen LogP contribution is -2.09. The minimum absolute atomic E-state index is 0.0912. The van der Waals surface area contributed by atoms with Gasteiger partial charge < -0.3 is 9.72 Å². The molecular weight excluding hydrogens is 410 g/mol. The topological polar surface area (TPSA) is 72.0 Å². The van der Waals surface area contributed by atoms with E-state index in [9.17, 15) is 17.2 Å². The van der Waals surface area contributed by atoms with Crippen LogP contribution in [-0.2, 0) is 21.2 Å². The summed E-state index contributed by atoms with van der Waals surface area (Å²) in [5, 5.41) is -0.189. The molecule has 0 spiro atoms. The van der Waals surface area contributed by atoms with Gasteiger partial charge in [0.2, 0.25) is 0 Å². The number of rotatable bonds is 6. The lowest BCUT2D eigenvalue weighted by molar-refractivity contribution is 0.0613. The maximum Gasteiger partial charge on any atom is 0.194 e. The summed E-state index contributed by atoms with van der Waals surface area (Å²) in [5.74, 6) is -0.720. The van der Waals surface area contributed by atoms with Crippen LogP contribution in [0.25, 0.3) is 0 Å². The number of H-pyrrole nitrogens is 1. The third kappa shape index (κ3) is 4.57. The summed E-state index contributed by atoms with van der Waals surface area (Å²) in [7, 11) is -3.54. The van der Waals surface area contributed by atoms with Gasteiger partial charge in [0.05, 0.1) is 17.3 Å². The van der Waals surface area contributed by atoms with E-state index in [1.54, 1.807) is 19.1 Å². The Labute approximate surface area is 166 Å². The van der Waals surface area contributed by atoms with Gasteiger partial charge in [-0.15, -0.1) is 0 Å². The van der Waals surface area contributed by atoms with Crippen molar-refractivity contribution in [2.24, 2.45) is 0 Å². The molecule has 0 saturated carbocycles. The largest absolute Gasteiger partial charge is 0.361 e. The summed E-state index contributed by atoms with van der Waals surface area (Å²) in [4.78, 5) is 7.09. The second-order valence-corrected chi connectivity index (χ2v) is 8.65. The average Bonchev–Trinajstić information content (AvgIpc) is 3.01. The average molecular weight is 427 g/mol. The van der Waals surface area contributed by atoms with Crippen molar-refractivity contribution in [3.63, 3.8) is 0 Å². The molecule has 3 aromatic rings. The predicted molar refractivity (Wildman–Crippen MR) is 101 cm³/mol. The Hall–Kier alpha value is -2.29. The molecule has 0 bridgehead atoms. The zero-order chi connectivity index (χ0) is 20.5. The Kier molecular flexibility index (Phi) is 5.83. The van der Waals surface area contributed by atoms with Crippen LogP contribution >= 0.6 is 11.6 Å². The molecule has 0 radical (unpaired) electrons. The lowest BCUT2D eigenvalue weighted by atomic mass is 10.1. The number of nitrogens with zero attached hydrogens (tertiary/aromatic N) is 1. The van der Waals surface area contributed by atoms with Gasteiger partial charge in [0.15, 0.2) is 14.9 Å². The Morgan fingerprint density at radius 1 is 1.18 bits per heavy atom. The fourth-order valence-corrected chi connectivity index (χ4v) is 3.78. The third-order valence-electron chi connectivity index (χ3n) is 4.03. The van der Waals surface area contributed by atoms with Crippen LogP contribution in [0.1, 0.15) is 28.7 Å². The number of aryl methyl sites for hydroxylation is 1. The van der Waals surface area contributed by atoms with Crippen LogP contribution in [0.4, 0.5) is 8.78 Å². The first-order valence-corrected chi connectivity index (χ1v) is 10.5. The van der Waals surface area contributed by atoms with Crippen molar-refractivity contribution < 1.29 is 21.9 Å². The Balaban J connectivity index is 1.98. The van der Waals surface area contributed by atoms with E-state index < -0.39 is 21.8 Å². The van der Waals surface area contributed by atoms with Gasteiger partial charge in [0.1, 0.15) is 23.6 Å². The smallest absolute Gasteiger partial charge is 0.194 e. The van der Waals surface area contributed by atoms with Crippen LogP contribution in [-0.4, -0.2) is 24.6 Å². The molecule has 1 aromatic heterocycles. The van der Waals surface area contributed by atoms with Crippen molar-refractivity contribution in [1.29, 1.82) is 0 Å². The quantitative estimate of drug-likeness (QED) is 0.635. The maximum atomic E-state index is 13.6. The van der Waals surface area contributed by atoms with Gasteiger partial charge in [-0.2, -0.15) is 0 Å². The molecule has 1 N–H and O–H groups in total. The van der Waals surface area contributed by atoms with Crippen LogP contribution in [0, 0.1) is 18.6 Å². The molecule has 1 unspecified atom stereocenters. The first-order valence-electron chi connectivity index (χ1n) is 8.22. The van der Waals surface area contributed by atoms with Gasteiger partial charge in [0, 0.05) is 6.26 Å². The van der Waals surface area contributed by atoms with Crippen molar-refractivity contribution in [3.05, 3.63) is 81.8 Å². The van der Waals surface area contributed by atoms with E-state index in [1.807, 2.05) is 0 Å². The summed E-state index contributed by atoms with van der Waals surface area (Å²) >= 11 is 5.89. The van der Waals surface area contributed by atoms with Crippen LogP contribution in [0.5, 0.6) is 0 Å². The first kappa shape index (κ1) is 20.4. The van der Waals surface area contributed by atoms with Gasteiger partial charge in [-0.1, -0.05) is 29.8 Å². The Morgan fingerprint density at radius 2 is 1.86 bits per heavy atom. The Bertz CT molecular complexity index is 1100. The van der Waals surface area contributed by atoms with E-state index >= 15 is 0 Å². The SMILES string of the molecule is Cc1[nH]c(C(OCc2ccc(F)cc2)c2ccc(F)c(Cl)c2)nc1S(C)(=O)=O. The zero-order valence-electron chi connectivity index (χ0n) is 15.0. The lowest BCUT2D eigenvalue weighted by Gasteiger charge is -2.17. The second kappa shape index (κ2) is 7.98. The number of benzene rings is 2. The third-order valence-corrected chi connectivity index (χ3v) is 5.42. The monoisotopic (exact) mass is 426 g/mol. The molecule has 148 valence electrons. The minimum Gasteiger partial charge on any atom is -0.361 e. The minimum atomic E-state index is -3.54. The van der Waals surface area contributed by atoms with Crippen molar-refractivity contribution in [1.82, 2.24) is 9.97 Å². The number of ether oxygens (including phenoxy) is 1. The van der Waals surface area contributed by atoms with Crippen molar-refractivity contribution in [2.45, 2.75) is 24.7 Å². The number of nitrogens with one attached hydrogen (secondary N) is 1. The van der Waals surface area contributed by atoms with Crippen LogP contribution in [0.15, 0.2) is 47.5 Å². The highest BCUT2D eigenvalue weighted by Gasteiger charge is 2.24. The molecule has 2 aromatic carbocycles. The summed E-state index contributed by atoms with van der Waals surface area (Å²) < 4.78 is 56.4. The van der Waals surface area contributed by atoms with Crippen molar-refractivity contribution >= 4 is 21.4 Å². The van der Waals surface area contributed by atoms with Crippen LogP contribution in [0.3, 0.4) is 0 Å². The molecule has 0 aliphatic carbocycles. The van der Waals surface area contributed by atoms with Gasteiger partial charge >= 0.3 is 0 Å². The number of halogens is 3. The highest BCUT2D eigenvalue weighted by atomic mass is 35.5. The van der Waals surface area contributed by atoms with Gasteiger partial charge in [-0.25, -0.2) is 22.2 Å². The first-order chi connectivity index (χ1) is 13.1.